The van der Waals surface area contributed by atoms with Crippen molar-refractivity contribution in [2.45, 2.75) is 0 Å². The first-order valence-corrected chi connectivity index (χ1v) is 21.2. The lowest BCUT2D eigenvalue weighted by Gasteiger charge is -2.35. The molecule has 0 amide bonds. The summed E-state index contributed by atoms with van der Waals surface area (Å²) in [7, 11) is 0. The Bertz CT molecular complexity index is 2800. The number of aromatic nitrogens is 8. The van der Waals surface area contributed by atoms with E-state index >= 15 is 0 Å². The highest BCUT2D eigenvalue weighted by atomic mass is 35.5. The molecule has 0 spiro atoms. The fourth-order valence-corrected chi connectivity index (χ4v) is 8.04. The van der Waals surface area contributed by atoms with Gasteiger partial charge >= 0.3 is 0 Å². The molecule has 4 aromatic carbocycles. The van der Waals surface area contributed by atoms with Gasteiger partial charge in [-0.15, -0.1) is 20.4 Å². The molecule has 2 saturated heterocycles. The molecule has 0 atom stereocenters. The second-order valence-corrected chi connectivity index (χ2v) is 15.7. The van der Waals surface area contributed by atoms with Crippen LogP contribution in [0.2, 0.25) is 5.02 Å². The second kappa shape index (κ2) is 17.8. The van der Waals surface area contributed by atoms with Crippen molar-refractivity contribution in [1.29, 1.82) is 0 Å². The highest BCUT2D eigenvalue weighted by molar-refractivity contribution is 6.30. The molecule has 0 bridgehead atoms. The van der Waals surface area contributed by atoms with Gasteiger partial charge in [0.05, 0.1) is 11.4 Å². The molecular formula is C48H41ClFN13. The minimum atomic E-state index is -0.294. The minimum Gasteiger partial charge on any atom is -0.354 e. The molecule has 0 aliphatic carbocycles. The van der Waals surface area contributed by atoms with E-state index in [9.17, 15) is 4.39 Å². The molecule has 2 aliphatic rings. The summed E-state index contributed by atoms with van der Waals surface area (Å²) in [4.78, 5) is 27.3. The summed E-state index contributed by atoms with van der Waals surface area (Å²) in [6, 6.07) is 40.2. The predicted molar refractivity (Wildman–Crippen MR) is 247 cm³/mol. The standard InChI is InChI=1S/C48H41ClFN13/c49-37-13-17-39(18-14-37)54-42-32-44(57-59-46(42)35-5-2-1-3-6-35)61-25-29-63(30-26-61)48-53-22-19-41(55-48)34-7-9-36(10-8-34)45-40(33-11-15-38(50)16-12-33)31-43(56-58-45)60-23-27-62(28-24-60)47-51-20-4-21-52-47/h1-22,31-32H,23-30H2,(H,54,57). The maximum Gasteiger partial charge on any atom is 0.225 e. The number of hydrogen-bond acceptors (Lipinski definition) is 13. The van der Waals surface area contributed by atoms with Gasteiger partial charge < -0.3 is 24.9 Å². The van der Waals surface area contributed by atoms with Crippen LogP contribution >= 0.6 is 11.6 Å². The van der Waals surface area contributed by atoms with Crippen molar-refractivity contribution in [3.8, 4) is 44.9 Å². The average molecular weight is 854 g/mol. The van der Waals surface area contributed by atoms with Gasteiger partial charge in [-0.3, -0.25) is 0 Å². The molecule has 0 unspecified atom stereocenters. The molecule has 10 rings (SSSR count). The lowest BCUT2D eigenvalue weighted by atomic mass is 9.98. The summed E-state index contributed by atoms with van der Waals surface area (Å²) in [6.07, 6.45) is 5.33. The third-order valence-corrected chi connectivity index (χ3v) is 11.6. The van der Waals surface area contributed by atoms with E-state index < -0.39 is 0 Å². The zero-order valence-corrected chi connectivity index (χ0v) is 34.9. The van der Waals surface area contributed by atoms with Gasteiger partial charge in [-0.2, -0.15) is 0 Å². The fraction of sp³-hybridized carbons (Fsp3) is 0.167. The smallest absolute Gasteiger partial charge is 0.225 e. The number of nitrogens with one attached hydrogen (secondary N) is 1. The molecule has 2 aliphatic heterocycles. The van der Waals surface area contributed by atoms with Crippen molar-refractivity contribution in [3.05, 3.63) is 157 Å². The Morgan fingerprint density at radius 1 is 0.476 bits per heavy atom. The molecule has 15 heteroatoms. The zero-order chi connectivity index (χ0) is 42.5. The maximum absolute atomic E-state index is 14.1. The topological polar surface area (TPSA) is 128 Å². The van der Waals surface area contributed by atoms with E-state index in [1.165, 1.54) is 12.1 Å². The van der Waals surface area contributed by atoms with Crippen LogP contribution in [0.15, 0.2) is 146 Å². The van der Waals surface area contributed by atoms with Crippen LogP contribution < -0.4 is 24.9 Å². The highest BCUT2D eigenvalue weighted by Gasteiger charge is 2.24. The van der Waals surface area contributed by atoms with E-state index in [1.54, 1.807) is 24.5 Å². The van der Waals surface area contributed by atoms with Gasteiger partial charge in [0.2, 0.25) is 11.9 Å². The molecule has 63 heavy (non-hydrogen) atoms. The predicted octanol–water partition coefficient (Wildman–Crippen LogP) is 8.70. The molecule has 6 heterocycles. The van der Waals surface area contributed by atoms with Crippen molar-refractivity contribution < 1.29 is 4.39 Å². The summed E-state index contributed by atoms with van der Waals surface area (Å²) in [5.41, 5.74) is 8.60. The SMILES string of the molecule is Fc1ccc(-c2cc(N3CCN(c4ncccn4)CC3)nnc2-c2ccc(-c3ccnc(N4CCN(c5cc(Nc6ccc(Cl)cc6)c(-c6ccccc6)nn5)CC4)n3)cc2)cc1. The molecule has 2 fully saturated rings. The lowest BCUT2D eigenvalue weighted by Crippen LogP contribution is -2.47. The van der Waals surface area contributed by atoms with Gasteiger partial charge in [0.25, 0.3) is 0 Å². The van der Waals surface area contributed by atoms with Crippen LogP contribution in [0.5, 0.6) is 0 Å². The Labute approximate surface area is 368 Å². The third-order valence-electron chi connectivity index (χ3n) is 11.3. The maximum atomic E-state index is 14.1. The summed E-state index contributed by atoms with van der Waals surface area (Å²) in [6.45, 7) is 5.85. The van der Waals surface area contributed by atoms with Gasteiger partial charge in [0.1, 0.15) is 17.2 Å². The van der Waals surface area contributed by atoms with Gasteiger partial charge in [-0.25, -0.2) is 24.3 Å². The largest absolute Gasteiger partial charge is 0.354 e. The number of anilines is 6. The second-order valence-electron chi connectivity index (χ2n) is 15.3. The first-order valence-electron chi connectivity index (χ1n) is 20.8. The van der Waals surface area contributed by atoms with E-state index in [4.69, 9.17) is 31.9 Å². The van der Waals surface area contributed by atoms with Crippen LogP contribution in [-0.4, -0.2) is 92.7 Å². The van der Waals surface area contributed by atoms with E-state index in [-0.39, 0.29) is 5.82 Å². The van der Waals surface area contributed by atoms with Crippen LogP contribution in [-0.2, 0) is 0 Å². The average Bonchev–Trinajstić information content (AvgIpc) is 3.35. The molecular weight excluding hydrogens is 813 g/mol. The summed E-state index contributed by atoms with van der Waals surface area (Å²) in [5.74, 6) is 2.66. The van der Waals surface area contributed by atoms with Gasteiger partial charge in [0, 0.05) is 110 Å². The van der Waals surface area contributed by atoms with Gasteiger partial charge in [-0.05, 0) is 60.2 Å². The quantitative estimate of drug-likeness (QED) is 0.141. The monoisotopic (exact) mass is 853 g/mol. The third kappa shape index (κ3) is 8.79. The fourth-order valence-electron chi connectivity index (χ4n) is 7.91. The molecule has 1 N–H and O–H groups in total. The molecule has 0 radical (unpaired) electrons. The van der Waals surface area contributed by atoms with E-state index in [2.05, 4.69) is 57.1 Å². The molecule has 4 aromatic heterocycles. The van der Waals surface area contributed by atoms with Crippen molar-refractivity contribution in [2.75, 3.05) is 77.3 Å². The number of benzene rings is 4. The molecule has 312 valence electrons. The van der Waals surface area contributed by atoms with Crippen molar-refractivity contribution >= 4 is 46.5 Å². The van der Waals surface area contributed by atoms with Gasteiger partial charge in [0.15, 0.2) is 11.6 Å². The summed E-state index contributed by atoms with van der Waals surface area (Å²) < 4.78 is 14.1. The van der Waals surface area contributed by atoms with E-state index in [0.29, 0.717) is 29.8 Å². The van der Waals surface area contributed by atoms with E-state index in [0.717, 1.165) is 107 Å². The highest BCUT2D eigenvalue weighted by Crippen LogP contribution is 2.35. The Morgan fingerprint density at radius 3 is 1.71 bits per heavy atom. The number of halogens is 2. The zero-order valence-electron chi connectivity index (χ0n) is 34.1. The normalized spacial score (nSPS) is 14.2. The van der Waals surface area contributed by atoms with Crippen LogP contribution in [0, 0.1) is 5.82 Å². The number of rotatable bonds is 10. The Morgan fingerprint density at radius 2 is 1.03 bits per heavy atom. The van der Waals surface area contributed by atoms with Crippen molar-refractivity contribution in [1.82, 2.24) is 40.3 Å². The lowest BCUT2D eigenvalue weighted by molar-refractivity contribution is 0.628. The Kier molecular flexibility index (Phi) is 11.2. The first kappa shape index (κ1) is 39.5. The summed E-state index contributed by atoms with van der Waals surface area (Å²) >= 11 is 6.17. The Hall–Kier alpha value is -7.58. The summed E-state index contributed by atoms with van der Waals surface area (Å²) in [5, 5.41) is 23.1. The molecule has 8 aromatic rings. The molecule has 0 saturated carbocycles. The van der Waals surface area contributed by atoms with E-state index in [1.807, 2.05) is 97.2 Å². The van der Waals surface area contributed by atoms with Crippen molar-refractivity contribution in [2.24, 2.45) is 0 Å². The molecule has 13 nitrogen and oxygen atoms in total. The van der Waals surface area contributed by atoms with Crippen molar-refractivity contribution in [3.63, 3.8) is 0 Å². The van der Waals surface area contributed by atoms with Crippen LogP contribution in [0.1, 0.15) is 0 Å². The van der Waals surface area contributed by atoms with Crippen LogP contribution in [0.3, 0.4) is 0 Å². The van der Waals surface area contributed by atoms with Gasteiger partial charge in [-0.1, -0.05) is 78.3 Å². The van der Waals surface area contributed by atoms with Crippen LogP contribution in [0.4, 0.5) is 39.3 Å². The Balaban J connectivity index is 0.841. The number of hydrogen-bond donors (Lipinski definition) is 1. The first-order chi connectivity index (χ1) is 31.0. The minimum absolute atomic E-state index is 0.294. The van der Waals surface area contributed by atoms with Crippen LogP contribution in [0.25, 0.3) is 44.9 Å². The number of nitrogens with zero attached hydrogens (tertiary/aromatic N) is 12. The number of piperazine rings is 2.